The second-order valence-corrected chi connectivity index (χ2v) is 4.47. The highest BCUT2D eigenvalue weighted by Crippen LogP contribution is 2.30. The highest BCUT2D eigenvalue weighted by atomic mass is 16.4. The van der Waals surface area contributed by atoms with Crippen molar-refractivity contribution in [2.24, 2.45) is 11.8 Å². The van der Waals surface area contributed by atoms with E-state index in [4.69, 9.17) is 11.5 Å². The largest absolute Gasteiger partial charge is 0.481 e. The Morgan fingerprint density at radius 3 is 2.47 bits per heavy atom. The van der Waals surface area contributed by atoms with E-state index in [1.807, 2.05) is 6.92 Å². The van der Waals surface area contributed by atoms with Gasteiger partial charge in [-0.05, 0) is 19.3 Å². The Morgan fingerprint density at radius 1 is 1.41 bits per heavy atom. The Morgan fingerprint density at radius 2 is 2.00 bits per heavy atom. The number of carboxylic acids is 1. The molecular weight excluding hydrogens is 218 g/mol. The Labute approximate surface area is 102 Å². The van der Waals surface area contributed by atoms with Crippen LogP contribution in [0.15, 0.2) is 0 Å². The van der Waals surface area contributed by atoms with Gasteiger partial charge in [-0.25, -0.2) is 0 Å². The predicted molar refractivity (Wildman–Crippen MR) is 64.1 cm³/mol. The molecule has 0 aromatic carbocycles. The van der Waals surface area contributed by atoms with Crippen LogP contribution in [0.5, 0.6) is 0 Å². The first kappa shape index (κ1) is 13.6. The van der Waals surface area contributed by atoms with E-state index in [1.54, 1.807) is 0 Å². The highest BCUT2D eigenvalue weighted by Gasteiger charge is 2.35. The van der Waals surface area contributed by atoms with Crippen molar-refractivity contribution in [3.63, 3.8) is 0 Å². The van der Waals surface area contributed by atoms with Crippen LogP contribution in [0.25, 0.3) is 0 Å². The molecule has 0 aliphatic heterocycles. The van der Waals surface area contributed by atoms with Gasteiger partial charge in [0.15, 0.2) is 0 Å². The van der Waals surface area contributed by atoms with Crippen LogP contribution >= 0.6 is 0 Å². The van der Waals surface area contributed by atoms with Gasteiger partial charge in [-0.1, -0.05) is 25.7 Å². The van der Waals surface area contributed by atoms with E-state index in [2.05, 4.69) is 11.2 Å². The van der Waals surface area contributed by atoms with Gasteiger partial charge < -0.3 is 10.4 Å². The molecule has 1 saturated carbocycles. The van der Waals surface area contributed by atoms with Crippen molar-refractivity contribution in [1.82, 2.24) is 5.32 Å². The first-order chi connectivity index (χ1) is 8.10. The molecule has 4 heteroatoms. The SMILES string of the molecule is C#CC(CC)NC(=O)C1CCCCC1C(=O)O. The molecule has 0 saturated heterocycles. The number of rotatable bonds is 4. The predicted octanol–water partition coefficient (Wildman–Crippen LogP) is 1.41. The summed E-state index contributed by atoms with van der Waals surface area (Å²) in [5.74, 6) is 0.420. The summed E-state index contributed by atoms with van der Waals surface area (Å²) in [5.41, 5.74) is 0. The van der Waals surface area contributed by atoms with Crippen LogP contribution in [0.3, 0.4) is 0 Å². The summed E-state index contributed by atoms with van der Waals surface area (Å²) in [5, 5.41) is 11.8. The third-order valence-corrected chi connectivity index (χ3v) is 3.35. The van der Waals surface area contributed by atoms with Crippen LogP contribution in [0.4, 0.5) is 0 Å². The number of carboxylic acid groups (broad SMARTS) is 1. The zero-order chi connectivity index (χ0) is 12.8. The monoisotopic (exact) mass is 237 g/mol. The molecule has 17 heavy (non-hydrogen) atoms. The van der Waals surface area contributed by atoms with Crippen molar-refractivity contribution in [3.8, 4) is 12.3 Å². The van der Waals surface area contributed by atoms with Gasteiger partial charge in [0.25, 0.3) is 0 Å². The Bertz CT molecular complexity index is 332. The molecule has 0 radical (unpaired) electrons. The van der Waals surface area contributed by atoms with Crippen LogP contribution in [0, 0.1) is 24.2 Å². The molecule has 0 bridgehead atoms. The summed E-state index contributed by atoms with van der Waals surface area (Å²) in [7, 11) is 0. The van der Waals surface area contributed by atoms with Crippen LogP contribution < -0.4 is 5.32 Å². The first-order valence-corrected chi connectivity index (χ1v) is 6.09. The lowest BCUT2D eigenvalue weighted by molar-refractivity contribution is -0.149. The van der Waals surface area contributed by atoms with E-state index in [0.29, 0.717) is 19.3 Å². The van der Waals surface area contributed by atoms with Gasteiger partial charge >= 0.3 is 5.97 Å². The van der Waals surface area contributed by atoms with Crippen molar-refractivity contribution in [2.45, 2.75) is 45.1 Å². The molecule has 1 rings (SSSR count). The molecule has 3 atom stereocenters. The van der Waals surface area contributed by atoms with Crippen molar-refractivity contribution in [3.05, 3.63) is 0 Å². The lowest BCUT2D eigenvalue weighted by Gasteiger charge is -2.28. The summed E-state index contributed by atoms with van der Waals surface area (Å²) in [6.07, 6.45) is 8.95. The number of amides is 1. The second-order valence-electron chi connectivity index (χ2n) is 4.47. The Balaban J connectivity index is 2.65. The van der Waals surface area contributed by atoms with E-state index in [9.17, 15) is 9.59 Å². The van der Waals surface area contributed by atoms with Gasteiger partial charge in [0.05, 0.1) is 17.9 Å². The van der Waals surface area contributed by atoms with E-state index in [1.165, 1.54) is 0 Å². The summed E-state index contributed by atoms with van der Waals surface area (Å²) in [6, 6.07) is -0.293. The molecule has 1 aliphatic carbocycles. The van der Waals surface area contributed by atoms with Crippen molar-refractivity contribution < 1.29 is 14.7 Å². The maximum absolute atomic E-state index is 12.0. The fraction of sp³-hybridized carbons (Fsp3) is 0.692. The second kappa shape index (κ2) is 6.29. The number of nitrogens with one attached hydrogen (secondary N) is 1. The van der Waals surface area contributed by atoms with Crippen LogP contribution in [-0.4, -0.2) is 23.0 Å². The third-order valence-electron chi connectivity index (χ3n) is 3.35. The van der Waals surface area contributed by atoms with Gasteiger partial charge in [-0.3, -0.25) is 9.59 Å². The Hall–Kier alpha value is -1.50. The average Bonchev–Trinajstić information content (AvgIpc) is 2.35. The molecule has 2 N–H and O–H groups in total. The molecule has 4 nitrogen and oxygen atoms in total. The smallest absolute Gasteiger partial charge is 0.307 e. The normalized spacial score (nSPS) is 25.6. The van der Waals surface area contributed by atoms with Gasteiger partial charge in [0, 0.05) is 0 Å². The fourth-order valence-corrected chi connectivity index (χ4v) is 2.28. The minimum Gasteiger partial charge on any atom is -0.481 e. The lowest BCUT2D eigenvalue weighted by atomic mass is 9.78. The van der Waals surface area contributed by atoms with Crippen molar-refractivity contribution in [2.75, 3.05) is 0 Å². The average molecular weight is 237 g/mol. The van der Waals surface area contributed by atoms with Crippen LogP contribution in [0.1, 0.15) is 39.0 Å². The van der Waals surface area contributed by atoms with E-state index in [-0.39, 0.29) is 11.9 Å². The number of carbonyl (C=O) groups excluding carboxylic acids is 1. The number of aliphatic carboxylic acids is 1. The van der Waals surface area contributed by atoms with Gasteiger partial charge in [0.1, 0.15) is 0 Å². The van der Waals surface area contributed by atoms with E-state index >= 15 is 0 Å². The zero-order valence-electron chi connectivity index (χ0n) is 10.1. The maximum Gasteiger partial charge on any atom is 0.307 e. The molecule has 0 heterocycles. The van der Waals surface area contributed by atoms with Gasteiger partial charge in [0.2, 0.25) is 5.91 Å². The first-order valence-electron chi connectivity index (χ1n) is 6.09. The number of carbonyl (C=O) groups is 2. The molecule has 1 fully saturated rings. The molecular formula is C13H19NO3. The van der Waals surface area contributed by atoms with Gasteiger partial charge in [-0.15, -0.1) is 6.42 Å². The molecule has 1 amide bonds. The lowest BCUT2D eigenvalue weighted by Crippen LogP contribution is -2.43. The molecule has 3 unspecified atom stereocenters. The molecule has 1 aliphatic rings. The summed E-state index contributed by atoms with van der Waals surface area (Å²) in [4.78, 5) is 23.0. The summed E-state index contributed by atoms with van der Waals surface area (Å²) >= 11 is 0. The van der Waals surface area contributed by atoms with Gasteiger partial charge in [-0.2, -0.15) is 0 Å². The standard InChI is InChI=1S/C13H19NO3/c1-3-9(4-2)14-12(15)10-7-5-6-8-11(10)13(16)17/h1,9-11H,4-8H2,2H3,(H,14,15)(H,16,17). The zero-order valence-corrected chi connectivity index (χ0v) is 10.1. The minimum absolute atomic E-state index is 0.207. The summed E-state index contributed by atoms with van der Waals surface area (Å²) < 4.78 is 0. The maximum atomic E-state index is 12.0. The Kier molecular flexibility index (Phi) is 5.02. The summed E-state index contributed by atoms with van der Waals surface area (Å²) in [6.45, 7) is 1.89. The topological polar surface area (TPSA) is 66.4 Å². The number of terminal acetylenes is 1. The third kappa shape index (κ3) is 3.48. The molecule has 0 aromatic rings. The number of hydrogen-bond donors (Lipinski definition) is 2. The van der Waals surface area contributed by atoms with E-state index in [0.717, 1.165) is 12.8 Å². The molecule has 0 spiro atoms. The van der Waals surface area contributed by atoms with Crippen LogP contribution in [0.2, 0.25) is 0 Å². The van der Waals surface area contributed by atoms with Crippen LogP contribution in [-0.2, 0) is 9.59 Å². The number of hydrogen-bond acceptors (Lipinski definition) is 2. The van der Waals surface area contributed by atoms with Crippen molar-refractivity contribution >= 4 is 11.9 Å². The molecule has 94 valence electrons. The minimum atomic E-state index is -0.876. The fourth-order valence-electron chi connectivity index (χ4n) is 2.28. The van der Waals surface area contributed by atoms with Crippen molar-refractivity contribution in [1.29, 1.82) is 0 Å². The van der Waals surface area contributed by atoms with E-state index < -0.39 is 17.8 Å². The molecule has 0 aromatic heterocycles. The quantitative estimate of drug-likeness (QED) is 0.726. The highest BCUT2D eigenvalue weighted by molar-refractivity contribution is 5.85.